The third-order valence-corrected chi connectivity index (χ3v) is 2.84. The second kappa shape index (κ2) is 3.21. The van der Waals surface area contributed by atoms with Gasteiger partial charge in [0, 0.05) is 23.6 Å². The second-order valence-electron chi connectivity index (χ2n) is 3.84. The SMILES string of the molecule is Oc1ccc2c(C3COC3)ccnc2c1. The molecule has 3 nitrogen and oxygen atoms in total. The van der Waals surface area contributed by atoms with Crippen LogP contribution < -0.4 is 0 Å². The molecule has 0 aliphatic carbocycles. The first-order valence-corrected chi connectivity index (χ1v) is 5.00. The summed E-state index contributed by atoms with van der Waals surface area (Å²) in [6.07, 6.45) is 1.79. The third kappa shape index (κ3) is 1.36. The Hall–Kier alpha value is -1.61. The fourth-order valence-corrected chi connectivity index (χ4v) is 1.93. The van der Waals surface area contributed by atoms with Crippen LogP contribution in [0, 0.1) is 0 Å². The maximum absolute atomic E-state index is 9.37. The lowest BCUT2D eigenvalue weighted by Gasteiger charge is -2.27. The molecule has 0 spiro atoms. The van der Waals surface area contributed by atoms with E-state index in [-0.39, 0.29) is 5.75 Å². The number of rotatable bonds is 1. The molecule has 0 atom stereocenters. The summed E-state index contributed by atoms with van der Waals surface area (Å²) in [6, 6.07) is 7.35. The quantitative estimate of drug-likeness (QED) is 0.767. The molecule has 0 amide bonds. The van der Waals surface area contributed by atoms with Crippen LogP contribution in [0.2, 0.25) is 0 Å². The summed E-state index contributed by atoms with van der Waals surface area (Å²) in [4.78, 5) is 4.24. The second-order valence-corrected chi connectivity index (χ2v) is 3.84. The fraction of sp³-hybridized carbons (Fsp3) is 0.250. The number of pyridine rings is 1. The van der Waals surface area contributed by atoms with Crippen LogP contribution in [-0.2, 0) is 4.74 Å². The molecule has 3 rings (SSSR count). The Morgan fingerprint density at radius 1 is 1.27 bits per heavy atom. The van der Waals surface area contributed by atoms with E-state index in [1.807, 2.05) is 12.1 Å². The van der Waals surface area contributed by atoms with Gasteiger partial charge in [0.15, 0.2) is 0 Å². The number of phenols is 1. The van der Waals surface area contributed by atoms with Crippen LogP contribution in [0.25, 0.3) is 10.9 Å². The van der Waals surface area contributed by atoms with E-state index in [0.29, 0.717) is 5.92 Å². The summed E-state index contributed by atoms with van der Waals surface area (Å²) in [5.41, 5.74) is 2.12. The van der Waals surface area contributed by atoms with E-state index in [0.717, 1.165) is 24.1 Å². The van der Waals surface area contributed by atoms with Gasteiger partial charge in [0.1, 0.15) is 5.75 Å². The first-order valence-electron chi connectivity index (χ1n) is 5.00. The fourth-order valence-electron chi connectivity index (χ4n) is 1.93. The lowest BCUT2D eigenvalue weighted by atomic mass is 9.94. The van der Waals surface area contributed by atoms with Crippen molar-refractivity contribution in [3.8, 4) is 5.75 Å². The van der Waals surface area contributed by atoms with Crippen molar-refractivity contribution in [2.24, 2.45) is 0 Å². The van der Waals surface area contributed by atoms with E-state index >= 15 is 0 Å². The number of benzene rings is 1. The number of ether oxygens (including phenoxy) is 1. The Morgan fingerprint density at radius 2 is 2.13 bits per heavy atom. The summed E-state index contributed by atoms with van der Waals surface area (Å²) in [6.45, 7) is 1.58. The van der Waals surface area contributed by atoms with E-state index in [1.165, 1.54) is 5.56 Å². The standard InChI is InChI=1S/C12H11NO2/c14-9-1-2-11-10(8-6-15-7-8)3-4-13-12(11)5-9/h1-5,8,14H,6-7H2. The average Bonchev–Trinajstić information content (AvgIpc) is 2.15. The van der Waals surface area contributed by atoms with Crippen molar-refractivity contribution in [3.63, 3.8) is 0 Å². The monoisotopic (exact) mass is 201 g/mol. The smallest absolute Gasteiger partial charge is 0.117 e. The topological polar surface area (TPSA) is 42.4 Å². The Bertz CT molecular complexity index is 506. The molecule has 1 fully saturated rings. The Morgan fingerprint density at radius 3 is 2.87 bits per heavy atom. The van der Waals surface area contributed by atoms with Crippen LogP contribution in [0.15, 0.2) is 30.5 Å². The number of phenolic OH excluding ortho intramolecular Hbond substituents is 1. The molecule has 1 saturated heterocycles. The number of aromatic hydroxyl groups is 1. The van der Waals surface area contributed by atoms with Crippen molar-refractivity contribution in [2.75, 3.05) is 13.2 Å². The molecule has 0 bridgehead atoms. The predicted octanol–water partition coefficient (Wildman–Crippen LogP) is 2.05. The van der Waals surface area contributed by atoms with Crippen molar-refractivity contribution in [2.45, 2.75) is 5.92 Å². The molecule has 1 N–H and O–H groups in total. The highest BCUT2D eigenvalue weighted by molar-refractivity contribution is 5.83. The predicted molar refractivity (Wildman–Crippen MR) is 57.0 cm³/mol. The van der Waals surface area contributed by atoms with Crippen molar-refractivity contribution >= 4 is 10.9 Å². The van der Waals surface area contributed by atoms with Crippen LogP contribution in [-0.4, -0.2) is 23.3 Å². The minimum atomic E-state index is 0.261. The van der Waals surface area contributed by atoms with Crippen LogP contribution in [0.4, 0.5) is 0 Å². The van der Waals surface area contributed by atoms with Crippen molar-refractivity contribution in [3.05, 3.63) is 36.0 Å². The zero-order chi connectivity index (χ0) is 10.3. The van der Waals surface area contributed by atoms with Gasteiger partial charge in [-0.25, -0.2) is 0 Å². The first kappa shape index (κ1) is 8.68. The van der Waals surface area contributed by atoms with Crippen LogP contribution >= 0.6 is 0 Å². The molecule has 76 valence electrons. The van der Waals surface area contributed by atoms with Gasteiger partial charge in [-0.15, -0.1) is 0 Å². The number of hydrogen-bond acceptors (Lipinski definition) is 3. The van der Waals surface area contributed by atoms with E-state index in [2.05, 4.69) is 4.98 Å². The molecule has 3 heteroatoms. The molecule has 0 saturated carbocycles. The maximum Gasteiger partial charge on any atom is 0.117 e. The summed E-state index contributed by atoms with van der Waals surface area (Å²) in [5, 5.41) is 10.5. The van der Waals surface area contributed by atoms with E-state index in [9.17, 15) is 5.11 Å². The van der Waals surface area contributed by atoms with Gasteiger partial charge in [-0.05, 0) is 23.8 Å². The van der Waals surface area contributed by atoms with Crippen LogP contribution in [0.1, 0.15) is 11.5 Å². The van der Waals surface area contributed by atoms with Gasteiger partial charge in [-0.1, -0.05) is 0 Å². The molecule has 0 radical (unpaired) electrons. The first-order chi connectivity index (χ1) is 7.34. The van der Waals surface area contributed by atoms with E-state index in [4.69, 9.17) is 4.74 Å². The van der Waals surface area contributed by atoms with Crippen LogP contribution in [0.3, 0.4) is 0 Å². The lowest BCUT2D eigenvalue weighted by Crippen LogP contribution is -2.25. The Kier molecular flexibility index (Phi) is 1.86. The van der Waals surface area contributed by atoms with E-state index in [1.54, 1.807) is 18.3 Å². The molecule has 2 heterocycles. The highest BCUT2D eigenvalue weighted by Crippen LogP contribution is 2.30. The van der Waals surface area contributed by atoms with Gasteiger partial charge in [0.05, 0.1) is 18.7 Å². The maximum atomic E-state index is 9.37. The minimum Gasteiger partial charge on any atom is -0.508 e. The molecular formula is C12H11NO2. The normalized spacial score (nSPS) is 16.5. The number of fused-ring (bicyclic) bond motifs is 1. The highest BCUT2D eigenvalue weighted by Gasteiger charge is 2.22. The minimum absolute atomic E-state index is 0.261. The molecule has 2 aromatic rings. The Labute approximate surface area is 87.3 Å². The third-order valence-electron chi connectivity index (χ3n) is 2.84. The van der Waals surface area contributed by atoms with Crippen molar-refractivity contribution < 1.29 is 9.84 Å². The molecule has 1 aromatic heterocycles. The Balaban J connectivity index is 2.21. The van der Waals surface area contributed by atoms with Crippen molar-refractivity contribution in [1.82, 2.24) is 4.98 Å². The summed E-state index contributed by atoms with van der Waals surface area (Å²) >= 11 is 0. The highest BCUT2D eigenvalue weighted by atomic mass is 16.5. The molecule has 1 aromatic carbocycles. The van der Waals surface area contributed by atoms with Gasteiger partial charge < -0.3 is 9.84 Å². The zero-order valence-electron chi connectivity index (χ0n) is 8.18. The molecule has 1 aliphatic heterocycles. The zero-order valence-corrected chi connectivity index (χ0v) is 8.18. The summed E-state index contributed by atoms with van der Waals surface area (Å²) in [5.74, 6) is 0.747. The largest absolute Gasteiger partial charge is 0.508 e. The summed E-state index contributed by atoms with van der Waals surface area (Å²) < 4.78 is 5.19. The lowest BCUT2D eigenvalue weighted by molar-refractivity contribution is 0.00898. The number of aromatic nitrogens is 1. The molecule has 15 heavy (non-hydrogen) atoms. The van der Waals surface area contributed by atoms with Gasteiger partial charge in [-0.3, -0.25) is 4.98 Å². The van der Waals surface area contributed by atoms with Crippen LogP contribution in [0.5, 0.6) is 5.75 Å². The van der Waals surface area contributed by atoms with Gasteiger partial charge in [0.25, 0.3) is 0 Å². The average molecular weight is 201 g/mol. The van der Waals surface area contributed by atoms with Gasteiger partial charge in [0.2, 0.25) is 0 Å². The molecule has 0 unspecified atom stereocenters. The van der Waals surface area contributed by atoms with E-state index < -0.39 is 0 Å². The summed E-state index contributed by atoms with van der Waals surface area (Å²) in [7, 11) is 0. The number of hydrogen-bond donors (Lipinski definition) is 1. The molecular weight excluding hydrogens is 190 g/mol. The van der Waals surface area contributed by atoms with Gasteiger partial charge in [-0.2, -0.15) is 0 Å². The molecule has 1 aliphatic rings. The number of nitrogens with zero attached hydrogens (tertiary/aromatic N) is 1. The van der Waals surface area contributed by atoms with Gasteiger partial charge >= 0.3 is 0 Å². The van der Waals surface area contributed by atoms with Crippen molar-refractivity contribution in [1.29, 1.82) is 0 Å².